The average Bonchev–Trinajstić information content (AvgIpc) is 3.37. The van der Waals surface area contributed by atoms with Crippen LogP contribution >= 0.6 is 11.3 Å². The van der Waals surface area contributed by atoms with Gasteiger partial charge >= 0.3 is 5.97 Å². The molecule has 1 saturated heterocycles. The van der Waals surface area contributed by atoms with Gasteiger partial charge < -0.3 is 15.0 Å². The molecule has 1 N–H and O–H groups in total. The van der Waals surface area contributed by atoms with Gasteiger partial charge in [0.15, 0.2) is 5.13 Å². The van der Waals surface area contributed by atoms with Crippen LogP contribution in [0.5, 0.6) is 0 Å². The molecule has 2 heterocycles. The molecule has 2 aromatic carbocycles. The lowest BCUT2D eigenvalue weighted by Gasteiger charge is -2.15. The van der Waals surface area contributed by atoms with Gasteiger partial charge in [-0.05, 0) is 36.2 Å². The summed E-state index contributed by atoms with van der Waals surface area (Å²) in [6, 6.07) is 17.3. The first kappa shape index (κ1) is 19.1. The summed E-state index contributed by atoms with van der Waals surface area (Å²) >= 11 is 1.47. The summed E-state index contributed by atoms with van der Waals surface area (Å²) in [6.07, 6.45) is 1.69. The highest BCUT2D eigenvalue weighted by Crippen LogP contribution is 2.23. The first-order valence-corrected chi connectivity index (χ1v) is 10.4. The van der Waals surface area contributed by atoms with Gasteiger partial charge in [-0.25, -0.2) is 4.98 Å². The third kappa shape index (κ3) is 5.00. The van der Waals surface area contributed by atoms with Crippen LogP contribution in [0.1, 0.15) is 24.1 Å². The molecule has 0 unspecified atom stereocenters. The number of para-hydroxylation sites is 1. The van der Waals surface area contributed by atoms with E-state index in [0.29, 0.717) is 12.1 Å². The van der Waals surface area contributed by atoms with Crippen LogP contribution < -0.4 is 10.2 Å². The van der Waals surface area contributed by atoms with Crippen LogP contribution in [0, 0.1) is 0 Å². The maximum Gasteiger partial charge on any atom is 0.310 e. The molecule has 1 amide bonds. The number of hydrogen-bond acceptors (Lipinski definition) is 6. The molecule has 0 bridgehead atoms. The SMILES string of the molecule is O=C(Cc1ccc(N2CCCC2=O)cc1)OCc1csc(Nc2ccccc2)n1. The van der Waals surface area contributed by atoms with Gasteiger partial charge in [0.05, 0.1) is 12.1 Å². The number of carbonyl (C=O) groups is 2. The molecular formula is C22H21N3O3S. The third-order valence-corrected chi connectivity index (χ3v) is 5.43. The number of aromatic nitrogens is 1. The van der Waals surface area contributed by atoms with Crippen molar-refractivity contribution in [1.29, 1.82) is 0 Å². The third-order valence-electron chi connectivity index (χ3n) is 4.63. The molecule has 1 fully saturated rings. The highest BCUT2D eigenvalue weighted by Gasteiger charge is 2.21. The molecule has 0 aliphatic carbocycles. The molecule has 0 atom stereocenters. The molecule has 148 valence electrons. The number of rotatable bonds is 7. The van der Waals surface area contributed by atoms with Crippen molar-refractivity contribution in [3.8, 4) is 0 Å². The molecule has 1 aliphatic heterocycles. The molecule has 29 heavy (non-hydrogen) atoms. The number of anilines is 3. The van der Waals surface area contributed by atoms with Crippen LogP contribution in [0.15, 0.2) is 60.0 Å². The standard InChI is InChI=1S/C22H21N3O3S/c26-20-7-4-12-25(20)19-10-8-16(9-11-19)13-21(27)28-14-18-15-29-22(24-18)23-17-5-2-1-3-6-17/h1-3,5-6,8-11,15H,4,7,12-14H2,(H,23,24). The van der Waals surface area contributed by atoms with Gasteiger partial charge in [0, 0.05) is 29.7 Å². The first-order valence-electron chi connectivity index (χ1n) is 9.49. The Hall–Kier alpha value is -3.19. The quantitative estimate of drug-likeness (QED) is 0.591. The predicted molar refractivity (Wildman–Crippen MR) is 113 cm³/mol. The topological polar surface area (TPSA) is 71.5 Å². The van der Waals surface area contributed by atoms with Gasteiger partial charge in [0.1, 0.15) is 6.61 Å². The van der Waals surface area contributed by atoms with E-state index in [1.807, 2.05) is 60.0 Å². The molecule has 7 heteroatoms. The van der Waals surface area contributed by atoms with Crippen LogP contribution in [-0.4, -0.2) is 23.4 Å². The molecule has 0 saturated carbocycles. The largest absolute Gasteiger partial charge is 0.459 e. The van der Waals surface area contributed by atoms with Crippen molar-refractivity contribution in [1.82, 2.24) is 4.98 Å². The van der Waals surface area contributed by atoms with Crippen molar-refractivity contribution in [2.75, 3.05) is 16.8 Å². The van der Waals surface area contributed by atoms with Crippen molar-refractivity contribution in [3.05, 3.63) is 71.2 Å². The van der Waals surface area contributed by atoms with Crippen molar-refractivity contribution in [2.24, 2.45) is 0 Å². The monoisotopic (exact) mass is 407 g/mol. The van der Waals surface area contributed by atoms with Crippen LogP contribution in [0.25, 0.3) is 0 Å². The summed E-state index contributed by atoms with van der Waals surface area (Å²) in [7, 11) is 0. The lowest BCUT2D eigenvalue weighted by molar-refractivity contribution is -0.144. The summed E-state index contributed by atoms with van der Waals surface area (Å²) in [5.74, 6) is -0.151. The highest BCUT2D eigenvalue weighted by atomic mass is 32.1. The Kier molecular flexibility index (Phi) is 5.86. The molecule has 1 aliphatic rings. The summed E-state index contributed by atoms with van der Waals surface area (Å²) in [4.78, 5) is 30.2. The van der Waals surface area contributed by atoms with Crippen molar-refractivity contribution >= 4 is 39.7 Å². The Morgan fingerprint density at radius 3 is 2.66 bits per heavy atom. The smallest absolute Gasteiger partial charge is 0.310 e. The van der Waals surface area contributed by atoms with E-state index in [0.717, 1.165) is 35.0 Å². The number of nitrogens with zero attached hydrogens (tertiary/aromatic N) is 2. The summed E-state index contributed by atoms with van der Waals surface area (Å²) in [6.45, 7) is 0.904. The number of carbonyl (C=O) groups excluding carboxylic acids is 2. The fourth-order valence-corrected chi connectivity index (χ4v) is 3.88. The summed E-state index contributed by atoms with van der Waals surface area (Å²) < 4.78 is 5.36. The first-order chi connectivity index (χ1) is 14.2. The normalized spacial score (nSPS) is 13.5. The molecule has 3 aromatic rings. The van der Waals surface area contributed by atoms with Gasteiger partial charge in [0.2, 0.25) is 5.91 Å². The summed E-state index contributed by atoms with van der Waals surface area (Å²) in [5, 5.41) is 5.86. The lowest BCUT2D eigenvalue weighted by atomic mass is 10.1. The van der Waals surface area contributed by atoms with Gasteiger partial charge in [0.25, 0.3) is 0 Å². The zero-order valence-corrected chi connectivity index (χ0v) is 16.7. The lowest BCUT2D eigenvalue weighted by Crippen LogP contribution is -2.23. The average molecular weight is 407 g/mol. The minimum absolute atomic E-state index is 0.145. The van der Waals surface area contributed by atoms with E-state index in [4.69, 9.17) is 4.74 Å². The van der Waals surface area contributed by atoms with Crippen LogP contribution in [0.3, 0.4) is 0 Å². The number of esters is 1. The molecule has 1 aromatic heterocycles. The molecule has 6 nitrogen and oxygen atoms in total. The second-order valence-electron chi connectivity index (χ2n) is 6.79. The van der Waals surface area contributed by atoms with E-state index in [1.54, 1.807) is 4.90 Å². The molecule has 0 spiro atoms. The predicted octanol–water partition coefficient (Wildman–Crippen LogP) is 4.30. The van der Waals surface area contributed by atoms with Crippen molar-refractivity contribution in [3.63, 3.8) is 0 Å². The number of benzene rings is 2. The maximum atomic E-state index is 12.2. The van der Waals surface area contributed by atoms with Gasteiger partial charge in [-0.2, -0.15) is 0 Å². The van der Waals surface area contributed by atoms with Crippen LogP contribution in [0.2, 0.25) is 0 Å². The second-order valence-corrected chi connectivity index (χ2v) is 7.65. The van der Waals surface area contributed by atoms with Gasteiger partial charge in [-0.15, -0.1) is 11.3 Å². The Morgan fingerprint density at radius 1 is 1.14 bits per heavy atom. The fraction of sp³-hybridized carbons (Fsp3) is 0.227. The molecular weight excluding hydrogens is 386 g/mol. The molecule has 4 rings (SSSR count). The summed E-state index contributed by atoms with van der Waals surface area (Å²) in [5.41, 5.74) is 3.41. The number of nitrogens with one attached hydrogen (secondary N) is 1. The Morgan fingerprint density at radius 2 is 1.93 bits per heavy atom. The zero-order chi connectivity index (χ0) is 20.1. The van der Waals surface area contributed by atoms with E-state index in [2.05, 4.69) is 10.3 Å². The van der Waals surface area contributed by atoms with E-state index >= 15 is 0 Å². The van der Waals surface area contributed by atoms with E-state index in [-0.39, 0.29) is 24.9 Å². The van der Waals surface area contributed by atoms with Crippen molar-refractivity contribution < 1.29 is 14.3 Å². The van der Waals surface area contributed by atoms with Crippen molar-refractivity contribution in [2.45, 2.75) is 25.9 Å². The Bertz CT molecular complexity index is 986. The number of amides is 1. The van der Waals surface area contributed by atoms with Gasteiger partial charge in [-0.3, -0.25) is 9.59 Å². The van der Waals surface area contributed by atoms with E-state index in [1.165, 1.54) is 11.3 Å². The number of ether oxygens (including phenoxy) is 1. The zero-order valence-electron chi connectivity index (χ0n) is 15.8. The van der Waals surface area contributed by atoms with E-state index < -0.39 is 0 Å². The van der Waals surface area contributed by atoms with Crippen LogP contribution in [0.4, 0.5) is 16.5 Å². The number of thiazole rings is 1. The maximum absolute atomic E-state index is 12.2. The second kappa shape index (κ2) is 8.87. The minimum Gasteiger partial charge on any atom is -0.459 e. The van der Waals surface area contributed by atoms with Gasteiger partial charge in [-0.1, -0.05) is 30.3 Å². The number of hydrogen-bond donors (Lipinski definition) is 1. The van der Waals surface area contributed by atoms with E-state index in [9.17, 15) is 9.59 Å². The Balaban J connectivity index is 1.26. The van der Waals surface area contributed by atoms with Crippen LogP contribution in [-0.2, 0) is 27.4 Å². The fourth-order valence-electron chi connectivity index (χ4n) is 3.16. The minimum atomic E-state index is -0.305. The Labute approximate surface area is 173 Å². The highest BCUT2D eigenvalue weighted by molar-refractivity contribution is 7.13. The molecule has 0 radical (unpaired) electrons.